The third kappa shape index (κ3) is 2.29. The van der Waals surface area contributed by atoms with Crippen LogP contribution in [0.2, 0.25) is 5.02 Å². The summed E-state index contributed by atoms with van der Waals surface area (Å²) in [5.74, 6) is -0.0542. The largest absolute Gasteiger partial charge is 0.351 e. The Morgan fingerprint density at radius 2 is 2.07 bits per heavy atom. The highest BCUT2D eigenvalue weighted by atomic mass is 35.5. The smallest absolute Gasteiger partial charge is 0.270 e. The molecule has 3 saturated heterocycles. The number of aryl methyl sites for hydroxylation is 1. The Morgan fingerprint density at radius 1 is 1.30 bits per heavy atom. The molecule has 1 aromatic carbocycles. The van der Waals surface area contributed by atoms with Crippen molar-refractivity contribution in [2.45, 2.75) is 30.7 Å². The molecule has 2 aromatic rings. The van der Waals surface area contributed by atoms with Gasteiger partial charge >= 0.3 is 0 Å². The van der Waals surface area contributed by atoms with Crippen molar-refractivity contribution >= 4 is 23.4 Å². The van der Waals surface area contributed by atoms with E-state index in [-0.39, 0.29) is 23.9 Å². The second-order valence-electron chi connectivity index (χ2n) is 7.47. The molecule has 6 nitrogen and oxygen atoms in total. The Balaban J connectivity index is 1.47. The van der Waals surface area contributed by atoms with E-state index in [1.165, 1.54) is 0 Å². The van der Waals surface area contributed by atoms with Gasteiger partial charge in [-0.3, -0.25) is 9.59 Å². The van der Waals surface area contributed by atoms with Crippen LogP contribution in [0.5, 0.6) is 0 Å². The van der Waals surface area contributed by atoms with Crippen molar-refractivity contribution in [2.24, 2.45) is 7.05 Å². The summed E-state index contributed by atoms with van der Waals surface area (Å²) in [5.41, 5.74) is 0.894. The van der Waals surface area contributed by atoms with Crippen molar-refractivity contribution in [1.82, 2.24) is 14.4 Å². The van der Waals surface area contributed by atoms with Crippen LogP contribution in [-0.4, -0.2) is 51.1 Å². The van der Waals surface area contributed by atoms with E-state index in [1.54, 1.807) is 28.8 Å². The Hall–Kier alpha value is -2.31. The zero-order valence-corrected chi connectivity index (χ0v) is 15.7. The summed E-state index contributed by atoms with van der Waals surface area (Å²) in [4.78, 5) is 29.7. The molecule has 140 valence electrons. The number of halogens is 1. The van der Waals surface area contributed by atoms with Crippen molar-refractivity contribution in [1.29, 1.82) is 0 Å². The number of carbonyl (C=O) groups excluding carboxylic acids is 2. The number of amides is 2. The summed E-state index contributed by atoms with van der Waals surface area (Å²) in [6.45, 7) is 1.03. The zero-order chi connectivity index (χ0) is 18.8. The van der Waals surface area contributed by atoms with Gasteiger partial charge in [-0.25, -0.2) is 0 Å². The molecule has 27 heavy (non-hydrogen) atoms. The maximum Gasteiger partial charge on any atom is 0.270 e. The molecule has 3 aliphatic rings. The molecule has 0 unspecified atom stereocenters. The quantitative estimate of drug-likeness (QED) is 0.798. The van der Waals surface area contributed by atoms with Crippen molar-refractivity contribution in [2.75, 3.05) is 13.2 Å². The lowest BCUT2D eigenvalue weighted by atomic mass is 10.0. The summed E-state index contributed by atoms with van der Waals surface area (Å²) in [6.07, 6.45) is 2.65. The van der Waals surface area contributed by atoms with Gasteiger partial charge in [0.15, 0.2) is 5.72 Å². The molecule has 0 radical (unpaired) electrons. The predicted octanol–water partition coefficient (Wildman–Crippen LogP) is 2.59. The minimum absolute atomic E-state index is 0.0498. The van der Waals surface area contributed by atoms with Gasteiger partial charge in [0, 0.05) is 26.2 Å². The molecule has 3 aliphatic heterocycles. The minimum Gasteiger partial charge on any atom is -0.351 e. The van der Waals surface area contributed by atoms with E-state index in [9.17, 15) is 9.59 Å². The Bertz CT molecular complexity index is 928. The zero-order valence-electron chi connectivity index (χ0n) is 15.0. The normalized spacial score (nSPS) is 29.3. The van der Waals surface area contributed by atoms with Gasteiger partial charge in [0.1, 0.15) is 5.69 Å². The highest BCUT2D eigenvalue weighted by Crippen LogP contribution is 2.51. The number of likely N-dealkylation sites (tertiary alicyclic amines) is 1. The first-order chi connectivity index (χ1) is 13.0. The van der Waals surface area contributed by atoms with Crippen LogP contribution in [0.15, 0.2) is 42.6 Å². The fourth-order valence-electron chi connectivity index (χ4n) is 4.89. The minimum atomic E-state index is -0.706. The average molecular weight is 386 g/mol. The van der Waals surface area contributed by atoms with Crippen LogP contribution in [0.3, 0.4) is 0 Å². The molecule has 1 aromatic heterocycles. The second-order valence-corrected chi connectivity index (χ2v) is 7.91. The molecule has 2 amide bonds. The van der Waals surface area contributed by atoms with Crippen molar-refractivity contribution in [3.63, 3.8) is 0 Å². The molecule has 0 bridgehead atoms. The van der Waals surface area contributed by atoms with Gasteiger partial charge in [0.25, 0.3) is 5.91 Å². The highest BCUT2D eigenvalue weighted by molar-refractivity contribution is 6.31. The average Bonchev–Trinajstić information content (AvgIpc) is 3.36. The summed E-state index contributed by atoms with van der Waals surface area (Å²) >= 11 is 6.05. The van der Waals surface area contributed by atoms with E-state index in [1.807, 2.05) is 35.2 Å². The van der Waals surface area contributed by atoms with Gasteiger partial charge < -0.3 is 19.1 Å². The molecular weight excluding hydrogens is 366 g/mol. The number of hydrogen-bond acceptors (Lipinski definition) is 3. The molecule has 5 rings (SSSR count). The van der Waals surface area contributed by atoms with E-state index >= 15 is 0 Å². The van der Waals surface area contributed by atoms with E-state index in [2.05, 4.69) is 0 Å². The number of hydrogen-bond donors (Lipinski definition) is 0. The van der Waals surface area contributed by atoms with Crippen LogP contribution in [0.4, 0.5) is 0 Å². The number of rotatable bonds is 2. The van der Waals surface area contributed by atoms with Crippen LogP contribution in [0.1, 0.15) is 34.9 Å². The molecule has 0 N–H and O–H groups in total. The molecule has 4 heterocycles. The molecular formula is C20H20ClN3O3. The van der Waals surface area contributed by atoms with Gasteiger partial charge in [-0.05, 0) is 11.6 Å². The molecule has 7 heteroatoms. The number of nitrogens with zero attached hydrogens (tertiary/aromatic N) is 3. The third-order valence-electron chi connectivity index (χ3n) is 6.09. The fourth-order valence-corrected chi connectivity index (χ4v) is 5.14. The SMILES string of the molecule is Cn1cc(Cl)cc1C(=O)N1CC[C@@]23OC[C@@H](c4ccccc4)N2C(=O)C[C@@H]13. The Morgan fingerprint density at radius 3 is 2.78 bits per heavy atom. The lowest BCUT2D eigenvalue weighted by Gasteiger charge is -2.33. The van der Waals surface area contributed by atoms with Gasteiger partial charge in [0.2, 0.25) is 5.91 Å². The third-order valence-corrected chi connectivity index (χ3v) is 6.30. The summed E-state index contributed by atoms with van der Waals surface area (Å²) < 4.78 is 7.98. The van der Waals surface area contributed by atoms with Crippen LogP contribution in [-0.2, 0) is 16.6 Å². The van der Waals surface area contributed by atoms with Crippen molar-refractivity contribution in [3.8, 4) is 0 Å². The lowest BCUT2D eigenvalue weighted by Crippen LogP contribution is -2.49. The predicted molar refractivity (Wildman–Crippen MR) is 99.2 cm³/mol. The molecule has 0 aliphatic carbocycles. The van der Waals surface area contributed by atoms with E-state index in [0.29, 0.717) is 36.7 Å². The standard InChI is InChI=1S/C20H20ClN3O3/c1-22-11-14(21)9-15(22)19(26)23-8-7-20-17(23)10-18(25)24(20)16(12-27-20)13-5-3-2-4-6-13/h2-6,9,11,16-17H,7-8,10,12H2,1H3/t16-,17+,20-/m0/s1. The first-order valence-corrected chi connectivity index (χ1v) is 9.53. The number of carbonyl (C=O) groups is 2. The van der Waals surface area contributed by atoms with Crippen LogP contribution >= 0.6 is 11.6 Å². The lowest BCUT2D eigenvalue weighted by molar-refractivity contribution is -0.138. The van der Waals surface area contributed by atoms with E-state index < -0.39 is 5.72 Å². The van der Waals surface area contributed by atoms with Crippen molar-refractivity contribution in [3.05, 3.63) is 58.9 Å². The van der Waals surface area contributed by atoms with Gasteiger partial charge in [0.05, 0.1) is 30.1 Å². The molecule has 3 fully saturated rings. The van der Waals surface area contributed by atoms with Gasteiger partial charge in [-0.1, -0.05) is 41.9 Å². The Labute approximate surface area is 162 Å². The number of ether oxygens (including phenoxy) is 1. The van der Waals surface area contributed by atoms with E-state index in [0.717, 1.165) is 5.56 Å². The first kappa shape index (κ1) is 16.8. The number of aromatic nitrogens is 1. The van der Waals surface area contributed by atoms with E-state index in [4.69, 9.17) is 16.3 Å². The summed E-state index contributed by atoms with van der Waals surface area (Å²) in [6, 6.07) is 11.3. The maximum absolute atomic E-state index is 13.1. The van der Waals surface area contributed by atoms with Crippen LogP contribution in [0.25, 0.3) is 0 Å². The Kier molecular flexibility index (Phi) is 3.64. The molecule has 1 spiro atoms. The molecule has 3 atom stereocenters. The van der Waals surface area contributed by atoms with Crippen LogP contribution < -0.4 is 0 Å². The first-order valence-electron chi connectivity index (χ1n) is 9.15. The maximum atomic E-state index is 13.1. The summed E-state index contributed by atoms with van der Waals surface area (Å²) in [5, 5.41) is 0.528. The monoisotopic (exact) mass is 385 g/mol. The number of benzene rings is 1. The van der Waals surface area contributed by atoms with Crippen LogP contribution in [0, 0.1) is 0 Å². The fraction of sp³-hybridized carbons (Fsp3) is 0.400. The highest BCUT2D eigenvalue weighted by Gasteiger charge is 2.65. The second kappa shape index (κ2) is 5.84. The molecule has 0 saturated carbocycles. The van der Waals surface area contributed by atoms with Crippen molar-refractivity contribution < 1.29 is 14.3 Å². The van der Waals surface area contributed by atoms with Gasteiger partial charge in [-0.2, -0.15) is 0 Å². The topological polar surface area (TPSA) is 54.8 Å². The summed E-state index contributed by atoms with van der Waals surface area (Å²) in [7, 11) is 1.80. The van der Waals surface area contributed by atoms with Gasteiger partial charge in [-0.15, -0.1) is 0 Å².